The first-order valence-corrected chi connectivity index (χ1v) is 13.7. The lowest BCUT2D eigenvalue weighted by Crippen LogP contribution is -2.34. The molecule has 7 heteroatoms. The third kappa shape index (κ3) is 3.80. The van der Waals surface area contributed by atoms with Crippen molar-refractivity contribution in [3.63, 3.8) is 0 Å². The summed E-state index contributed by atoms with van der Waals surface area (Å²) in [5, 5.41) is 22.2. The third-order valence-corrected chi connectivity index (χ3v) is 8.32. The summed E-state index contributed by atoms with van der Waals surface area (Å²) in [5.41, 5.74) is 4.31. The molecule has 0 aromatic heterocycles. The zero-order valence-corrected chi connectivity index (χ0v) is 22.4. The van der Waals surface area contributed by atoms with E-state index < -0.39 is 5.60 Å². The van der Waals surface area contributed by atoms with Crippen LogP contribution in [-0.2, 0) is 18.8 Å². The number of hydrogen-bond donors (Lipinski definition) is 2. The molecule has 40 heavy (non-hydrogen) atoms. The molecule has 4 aromatic rings. The van der Waals surface area contributed by atoms with Gasteiger partial charge in [-0.2, -0.15) is 0 Å². The van der Waals surface area contributed by atoms with E-state index >= 15 is 0 Å². The Bertz CT molecular complexity index is 1610. The molecule has 4 aromatic carbocycles. The molecule has 3 aliphatic rings. The Balaban J connectivity index is 1.44. The molecule has 2 N–H and O–H groups in total. The predicted molar refractivity (Wildman–Crippen MR) is 153 cm³/mol. The molecule has 0 saturated carbocycles. The lowest BCUT2D eigenvalue weighted by molar-refractivity contribution is 0.162. The van der Waals surface area contributed by atoms with E-state index in [2.05, 4.69) is 35.2 Å². The van der Waals surface area contributed by atoms with Crippen LogP contribution in [0, 0.1) is 0 Å². The molecule has 7 nitrogen and oxygen atoms in total. The van der Waals surface area contributed by atoms with Crippen molar-refractivity contribution in [1.82, 2.24) is 0 Å². The highest BCUT2D eigenvalue weighted by Crippen LogP contribution is 2.50. The fourth-order valence-corrected chi connectivity index (χ4v) is 6.21. The molecule has 0 aliphatic carbocycles. The number of nitrogens with zero attached hydrogens (tertiary/aromatic N) is 1. The molecule has 7 rings (SSSR count). The van der Waals surface area contributed by atoms with Crippen molar-refractivity contribution >= 4 is 22.5 Å². The summed E-state index contributed by atoms with van der Waals surface area (Å²) in [5.74, 6) is 2.48. The highest BCUT2D eigenvalue weighted by molar-refractivity contribution is 5.99. The van der Waals surface area contributed by atoms with Crippen LogP contribution >= 0.6 is 0 Å². The van der Waals surface area contributed by atoms with E-state index in [4.69, 9.17) is 18.9 Å². The van der Waals surface area contributed by atoms with Crippen LogP contribution in [0.15, 0.2) is 66.7 Å². The van der Waals surface area contributed by atoms with Crippen LogP contribution in [0.3, 0.4) is 0 Å². The van der Waals surface area contributed by atoms with Crippen molar-refractivity contribution in [2.24, 2.45) is 0 Å². The summed E-state index contributed by atoms with van der Waals surface area (Å²) in [4.78, 5) is 2.41. The van der Waals surface area contributed by atoms with E-state index in [0.717, 1.165) is 46.3 Å². The van der Waals surface area contributed by atoms with Crippen molar-refractivity contribution in [3.8, 4) is 23.0 Å². The summed E-state index contributed by atoms with van der Waals surface area (Å²) < 4.78 is 24.0. The van der Waals surface area contributed by atoms with E-state index in [1.807, 2.05) is 42.5 Å². The average molecular weight is 538 g/mol. The number of benzene rings is 4. The zero-order valence-electron chi connectivity index (χ0n) is 22.4. The highest BCUT2D eigenvalue weighted by Gasteiger charge is 2.39. The average Bonchev–Trinajstić information content (AvgIpc) is 3.72. The van der Waals surface area contributed by atoms with Gasteiger partial charge in [0.2, 0.25) is 6.79 Å². The van der Waals surface area contributed by atoms with Crippen LogP contribution in [-0.4, -0.2) is 37.2 Å². The smallest absolute Gasteiger partial charge is 0.231 e. The maximum absolute atomic E-state index is 10.3. The summed E-state index contributed by atoms with van der Waals surface area (Å²) >= 11 is 0. The van der Waals surface area contributed by atoms with Crippen LogP contribution < -0.4 is 23.8 Å². The molecule has 0 bridgehead atoms. The number of aliphatic hydroxyl groups is 2. The van der Waals surface area contributed by atoms with E-state index in [-0.39, 0.29) is 20.0 Å². The second kappa shape index (κ2) is 9.77. The Hall–Kier alpha value is -4.20. The Labute approximate surface area is 232 Å². The predicted octanol–water partition coefficient (Wildman–Crippen LogP) is 5.51. The molecule has 0 amide bonds. The van der Waals surface area contributed by atoms with Gasteiger partial charge in [-0.1, -0.05) is 30.3 Å². The highest BCUT2D eigenvalue weighted by atomic mass is 16.7. The van der Waals surface area contributed by atoms with Crippen molar-refractivity contribution in [2.75, 3.05) is 31.9 Å². The van der Waals surface area contributed by atoms with E-state index in [1.54, 1.807) is 7.11 Å². The second-order valence-corrected chi connectivity index (χ2v) is 10.4. The van der Waals surface area contributed by atoms with Gasteiger partial charge in [0, 0.05) is 46.4 Å². The monoisotopic (exact) mass is 537 g/mol. The molecule has 3 heterocycles. The van der Waals surface area contributed by atoms with Gasteiger partial charge in [0.05, 0.1) is 20.3 Å². The van der Waals surface area contributed by atoms with Crippen molar-refractivity contribution in [3.05, 3.63) is 94.6 Å². The maximum atomic E-state index is 10.3. The molecular weight excluding hydrogens is 506 g/mol. The number of fused-ring (bicyclic) bond motifs is 4. The fourth-order valence-electron chi connectivity index (χ4n) is 6.21. The maximum Gasteiger partial charge on any atom is 0.231 e. The normalized spacial score (nSPS) is 19.1. The van der Waals surface area contributed by atoms with E-state index in [1.165, 1.54) is 18.5 Å². The molecule has 0 spiro atoms. The molecule has 1 atom stereocenters. The van der Waals surface area contributed by atoms with Crippen LogP contribution in [0.2, 0.25) is 0 Å². The molecule has 3 aliphatic heterocycles. The first kappa shape index (κ1) is 24.8. The zero-order chi connectivity index (χ0) is 27.3. The Morgan fingerprint density at radius 2 is 1.57 bits per heavy atom. The molecule has 204 valence electrons. The van der Waals surface area contributed by atoms with Gasteiger partial charge in [-0.25, -0.2) is 0 Å². The number of aliphatic hydroxyl groups excluding tert-OH is 2. The molecule has 1 fully saturated rings. The minimum Gasteiger partial charge on any atom is -0.497 e. The molecular formula is C33H31NO6. The Kier molecular flexibility index (Phi) is 6.06. The summed E-state index contributed by atoms with van der Waals surface area (Å²) in [7, 11) is 1.65. The Morgan fingerprint density at radius 1 is 0.850 bits per heavy atom. The fraction of sp³-hybridized carbons (Fsp3) is 0.273. The summed E-state index contributed by atoms with van der Waals surface area (Å²) in [6.45, 7) is 1.83. The quantitative estimate of drug-likeness (QED) is 0.336. The van der Waals surface area contributed by atoms with Crippen molar-refractivity contribution in [2.45, 2.75) is 31.7 Å². The lowest BCUT2D eigenvalue weighted by atomic mass is 9.82. The first-order valence-electron chi connectivity index (χ1n) is 13.7. The molecule has 1 saturated heterocycles. The minimum atomic E-state index is -0.945. The summed E-state index contributed by atoms with van der Waals surface area (Å²) in [6, 6.07) is 20.3. The largest absolute Gasteiger partial charge is 0.497 e. The number of ether oxygens (including phenoxy) is 4. The van der Waals surface area contributed by atoms with Gasteiger partial charge in [0.15, 0.2) is 17.1 Å². The number of anilines is 1. The van der Waals surface area contributed by atoms with Gasteiger partial charge in [-0.3, -0.25) is 0 Å². The van der Waals surface area contributed by atoms with Crippen LogP contribution in [0.1, 0.15) is 40.7 Å². The number of hydrogen-bond acceptors (Lipinski definition) is 7. The van der Waals surface area contributed by atoms with Gasteiger partial charge in [-0.15, -0.1) is 0 Å². The van der Waals surface area contributed by atoms with Crippen molar-refractivity contribution in [1.29, 1.82) is 0 Å². The Morgan fingerprint density at radius 3 is 2.25 bits per heavy atom. The molecule has 1 unspecified atom stereocenters. The van der Waals surface area contributed by atoms with Crippen LogP contribution in [0.5, 0.6) is 23.0 Å². The van der Waals surface area contributed by atoms with E-state index in [0.29, 0.717) is 28.4 Å². The lowest BCUT2D eigenvalue weighted by Gasteiger charge is -2.37. The summed E-state index contributed by atoms with van der Waals surface area (Å²) in [6.07, 6.45) is 6.53. The van der Waals surface area contributed by atoms with Gasteiger partial charge in [-0.05, 0) is 66.3 Å². The van der Waals surface area contributed by atoms with Gasteiger partial charge in [0.25, 0.3) is 0 Å². The first-order chi connectivity index (χ1) is 19.6. The van der Waals surface area contributed by atoms with Gasteiger partial charge < -0.3 is 34.1 Å². The SMILES string of the molecule is COc1ccc(C2(c3ccc(N4CCCC4)cc3)C=Cc3c(CO)cc4c(CO)c5c(cc4c3O2)OCO5)cc1. The van der Waals surface area contributed by atoms with Gasteiger partial charge >= 0.3 is 0 Å². The number of methoxy groups -OCH3 is 1. The second-order valence-electron chi connectivity index (χ2n) is 10.4. The number of rotatable bonds is 6. The molecule has 0 radical (unpaired) electrons. The minimum absolute atomic E-state index is 0.0909. The third-order valence-electron chi connectivity index (χ3n) is 8.32. The van der Waals surface area contributed by atoms with Crippen LogP contribution in [0.4, 0.5) is 5.69 Å². The van der Waals surface area contributed by atoms with Crippen LogP contribution in [0.25, 0.3) is 16.8 Å². The standard InChI is InChI=1S/C33H31NO6/c1-37-25-10-6-23(7-11-25)33(22-4-8-24(9-5-22)34-14-2-3-15-34)13-12-26-21(18-35)16-27-28(31(26)40-33)17-30-32(29(27)19-36)39-20-38-30/h4-13,16-17,35-36H,2-3,14-15,18-20H2,1H3. The van der Waals surface area contributed by atoms with Gasteiger partial charge in [0.1, 0.15) is 11.5 Å². The topological polar surface area (TPSA) is 80.6 Å². The van der Waals surface area contributed by atoms with E-state index in [9.17, 15) is 10.2 Å². The van der Waals surface area contributed by atoms with Crippen molar-refractivity contribution < 1.29 is 29.2 Å².